The van der Waals surface area contributed by atoms with Crippen LogP contribution in [0.1, 0.15) is 0 Å². The number of rotatable bonds is 8. The third-order valence-electron chi connectivity index (χ3n) is 8.09. The molecule has 2 aromatic carbocycles. The molecule has 2 saturated heterocycles. The number of methoxy groups -OCH3 is 3. The monoisotopic (exact) mass is 652 g/mol. The number of aromatic hydroxyl groups is 1. The van der Waals surface area contributed by atoms with Crippen LogP contribution in [-0.2, 0) is 19.1 Å². The summed E-state index contributed by atoms with van der Waals surface area (Å²) in [5, 5.41) is 62.2. The van der Waals surface area contributed by atoms with Crippen LogP contribution in [0, 0.1) is 0 Å². The number of aliphatic hydroxyl groups is 5. The minimum atomic E-state index is -1.94. The van der Waals surface area contributed by atoms with E-state index in [1.807, 2.05) is 0 Å². The van der Waals surface area contributed by atoms with E-state index in [2.05, 4.69) is 0 Å². The first-order chi connectivity index (χ1) is 22.0. The molecule has 250 valence electrons. The molecule has 17 nitrogen and oxygen atoms in total. The Morgan fingerprint density at radius 3 is 2.37 bits per heavy atom. The van der Waals surface area contributed by atoms with Gasteiger partial charge in [-0.15, -0.1) is 0 Å². The fraction of sp³-hybridized carbons (Fsp3) is 0.483. The molecular formula is C29H32O17. The predicted molar refractivity (Wildman–Crippen MR) is 150 cm³/mol. The van der Waals surface area contributed by atoms with Crippen molar-refractivity contribution in [2.45, 2.75) is 48.7 Å². The molecule has 3 aliphatic heterocycles. The Kier molecular flexibility index (Phi) is 8.61. The average molecular weight is 653 g/mol. The Labute approximate surface area is 259 Å². The zero-order valence-electron chi connectivity index (χ0n) is 24.6. The van der Waals surface area contributed by atoms with Gasteiger partial charge in [-0.1, -0.05) is 0 Å². The summed E-state index contributed by atoms with van der Waals surface area (Å²) in [7, 11) is 4.27. The van der Waals surface area contributed by atoms with E-state index in [-0.39, 0.29) is 33.6 Å². The standard InChI is InChI=1S/C29H32O17/c1-37-13-5-15(39-3)14(38-2)4-11(13)12-7-40-16-6-17-24(22(33)19(16)20(12)31)45-46-25-23(34)21(32)18(44-27(25)43-17)8-41-28-26(35)29(36,9-30)10-42-28/h4-7,18,21,23,25-28,30,32-36H,8-10H2,1-3H3/t18?,21-,23?,25+,26?,27-,28?,29?/m1/s1. The Hall–Kier alpha value is -3.91. The van der Waals surface area contributed by atoms with Crippen molar-refractivity contribution < 1.29 is 78.0 Å². The van der Waals surface area contributed by atoms with Crippen LogP contribution in [-0.4, -0.2) is 120 Å². The molecule has 6 N–H and O–H groups in total. The van der Waals surface area contributed by atoms with Gasteiger partial charge >= 0.3 is 0 Å². The van der Waals surface area contributed by atoms with E-state index in [4.69, 9.17) is 47.4 Å². The molecule has 2 fully saturated rings. The summed E-state index contributed by atoms with van der Waals surface area (Å²) < 4.78 is 44.1. The predicted octanol–water partition coefficient (Wildman–Crippen LogP) is -0.833. The molecule has 0 saturated carbocycles. The molecule has 0 aliphatic carbocycles. The van der Waals surface area contributed by atoms with E-state index in [0.717, 1.165) is 0 Å². The van der Waals surface area contributed by atoms with E-state index >= 15 is 0 Å². The lowest BCUT2D eigenvalue weighted by atomic mass is 9.99. The van der Waals surface area contributed by atoms with Gasteiger partial charge in [-0.3, -0.25) is 4.79 Å². The van der Waals surface area contributed by atoms with Crippen molar-refractivity contribution in [3.8, 4) is 45.6 Å². The van der Waals surface area contributed by atoms with Crippen molar-refractivity contribution in [2.24, 2.45) is 0 Å². The van der Waals surface area contributed by atoms with Crippen LogP contribution in [0.4, 0.5) is 0 Å². The van der Waals surface area contributed by atoms with Gasteiger partial charge < -0.3 is 73.1 Å². The number of ether oxygens (including phenoxy) is 7. The zero-order valence-corrected chi connectivity index (χ0v) is 24.6. The van der Waals surface area contributed by atoms with Gasteiger partial charge in [0.1, 0.15) is 53.0 Å². The van der Waals surface area contributed by atoms with Crippen molar-refractivity contribution in [1.82, 2.24) is 0 Å². The van der Waals surface area contributed by atoms with E-state index in [1.165, 1.54) is 45.8 Å². The summed E-state index contributed by atoms with van der Waals surface area (Å²) in [5.41, 5.74) is -2.44. The highest BCUT2D eigenvalue weighted by molar-refractivity contribution is 5.92. The Bertz CT molecular complexity index is 1660. The lowest BCUT2D eigenvalue weighted by Crippen LogP contribution is -2.61. The van der Waals surface area contributed by atoms with Crippen LogP contribution in [0.5, 0.6) is 34.5 Å². The molecule has 1 aromatic heterocycles. The third-order valence-corrected chi connectivity index (χ3v) is 8.09. The normalized spacial score (nSPS) is 30.5. The molecule has 46 heavy (non-hydrogen) atoms. The number of phenols is 1. The van der Waals surface area contributed by atoms with E-state index in [1.54, 1.807) is 0 Å². The molecule has 0 amide bonds. The van der Waals surface area contributed by atoms with E-state index in [9.17, 15) is 35.4 Å². The second-order valence-electron chi connectivity index (χ2n) is 10.8. The second-order valence-corrected chi connectivity index (χ2v) is 10.8. The SMILES string of the molecule is COc1cc(OC)c(-c2coc3cc4c(c(O)c3c2=O)OO[C@H]2C(O)[C@H](O)C(COC3OCC(O)(CO)C3O)O[C@H]2O4)cc1OC. The molecule has 0 spiro atoms. The molecule has 3 aliphatic rings. The highest BCUT2D eigenvalue weighted by Gasteiger charge is 2.52. The number of benzene rings is 2. The van der Waals surface area contributed by atoms with Crippen LogP contribution >= 0.6 is 0 Å². The van der Waals surface area contributed by atoms with Gasteiger partial charge in [0.2, 0.25) is 17.5 Å². The molecule has 4 heterocycles. The zero-order chi connectivity index (χ0) is 32.9. The van der Waals surface area contributed by atoms with Crippen LogP contribution in [0.15, 0.2) is 33.7 Å². The summed E-state index contributed by atoms with van der Waals surface area (Å²) in [4.78, 5) is 24.4. The van der Waals surface area contributed by atoms with Crippen LogP contribution < -0.4 is 29.3 Å². The molecule has 8 atom stereocenters. The maximum atomic E-state index is 13.7. The first-order valence-corrected chi connectivity index (χ1v) is 13.9. The number of phenolic OH excluding ortho intramolecular Hbond substituents is 1. The average Bonchev–Trinajstić information content (AvgIpc) is 3.22. The highest BCUT2D eigenvalue weighted by Crippen LogP contribution is 2.46. The van der Waals surface area contributed by atoms with Crippen LogP contribution in [0.2, 0.25) is 0 Å². The van der Waals surface area contributed by atoms with Crippen LogP contribution in [0.25, 0.3) is 22.1 Å². The first-order valence-electron chi connectivity index (χ1n) is 13.9. The summed E-state index contributed by atoms with van der Waals surface area (Å²) in [6.07, 6.45) is -9.28. The van der Waals surface area contributed by atoms with Crippen molar-refractivity contribution in [3.63, 3.8) is 0 Å². The molecule has 0 bridgehead atoms. The first kappa shape index (κ1) is 32.0. The highest BCUT2D eigenvalue weighted by atomic mass is 17.2. The van der Waals surface area contributed by atoms with Gasteiger partial charge in [0.05, 0.1) is 46.7 Å². The minimum Gasteiger partial charge on any atom is -0.503 e. The van der Waals surface area contributed by atoms with Crippen molar-refractivity contribution in [2.75, 3.05) is 41.2 Å². The Morgan fingerprint density at radius 1 is 0.978 bits per heavy atom. The number of fused-ring (bicyclic) bond motifs is 3. The quantitative estimate of drug-likeness (QED) is 0.163. The summed E-state index contributed by atoms with van der Waals surface area (Å²) in [6, 6.07) is 4.29. The summed E-state index contributed by atoms with van der Waals surface area (Å²) in [5.74, 6) is -0.420. The third kappa shape index (κ3) is 5.24. The van der Waals surface area contributed by atoms with Gasteiger partial charge in [-0.05, 0) is 6.07 Å². The van der Waals surface area contributed by atoms with Gasteiger partial charge in [-0.2, -0.15) is 4.89 Å². The number of hydrogen-bond donors (Lipinski definition) is 6. The summed E-state index contributed by atoms with van der Waals surface area (Å²) >= 11 is 0. The number of aliphatic hydroxyl groups excluding tert-OH is 4. The lowest BCUT2D eigenvalue weighted by molar-refractivity contribution is -0.353. The molecule has 3 aromatic rings. The maximum Gasteiger partial charge on any atom is 0.249 e. The largest absolute Gasteiger partial charge is 0.503 e. The van der Waals surface area contributed by atoms with Crippen LogP contribution in [0.3, 0.4) is 0 Å². The Balaban J connectivity index is 1.29. The molecule has 5 unspecified atom stereocenters. The molecule has 0 radical (unpaired) electrons. The van der Waals surface area contributed by atoms with E-state index < -0.39 is 85.4 Å². The van der Waals surface area contributed by atoms with Crippen molar-refractivity contribution in [3.05, 3.63) is 34.7 Å². The summed E-state index contributed by atoms with van der Waals surface area (Å²) in [6.45, 7) is -1.64. The molecular weight excluding hydrogens is 620 g/mol. The molecule has 17 heteroatoms. The van der Waals surface area contributed by atoms with Gasteiger partial charge in [0, 0.05) is 17.7 Å². The minimum absolute atomic E-state index is 0.00295. The topological polar surface area (TPSA) is 235 Å². The smallest absolute Gasteiger partial charge is 0.249 e. The second kappa shape index (κ2) is 12.4. The van der Waals surface area contributed by atoms with Crippen molar-refractivity contribution in [1.29, 1.82) is 0 Å². The van der Waals surface area contributed by atoms with Gasteiger partial charge in [0.25, 0.3) is 0 Å². The van der Waals surface area contributed by atoms with E-state index in [0.29, 0.717) is 11.5 Å². The fourth-order valence-corrected chi connectivity index (χ4v) is 5.41. The lowest BCUT2D eigenvalue weighted by Gasteiger charge is -2.40. The molecule has 6 rings (SSSR count). The number of hydrogen-bond acceptors (Lipinski definition) is 17. The van der Waals surface area contributed by atoms with Gasteiger partial charge in [-0.25, -0.2) is 0 Å². The maximum absolute atomic E-state index is 13.7. The Morgan fingerprint density at radius 2 is 1.70 bits per heavy atom. The van der Waals surface area contributed by atoms with Crippen molar-refractivity contribution >= 4 is 11.0 Å². The fourth-order valence-electron chi connectivity index (χ4n) is 5.41. The van der Waals surface area contributed by atoms with Gasteiger partial charge in [0.15, 0.2) is 35.4 Å².